The molecule has 0 bridgehead atoms. The minimum atomic E-state index is -1.65. The number of aliphatic imine (C=N–C) groups is 2. The molecule has 3 fully saturated rings. The molecular formula is C65H97N19O15. The number of primary amides is 1. The Bertz CT molecular complexity index is 3340. The second-order valence-electron chi connectivity index (χ2n) is 24.9. The highest BCUT2D eigenvalue weighted by Crippen LogP contribution is 2.25. The number of guanidine groups is 2. The number of H-pyrrole nitrogens is 1. The molecular weight excluding hydrogens is 1290 g/mol. The van der Waals surface area contributed by atoms with Crippen LogP contribution in [0.25, 0.3) is 10.9 Å². The van der Waals surface area contributed by atoms with Crippen molar-refractivity contribution in [2.75, 3.05) is 39.3 Å². The molecule has 11 amide bonds. The molecule has 4 heterocycles. The first-order valence-electron chi connectivity index (χ1n) is 33.6. The number of benzene rings is 2. The van der Waals surface area contributed by atoms with E-state index in [0.29, 0.717) is 43.2 Å². The molecule has 34 nitrogen and oxygen atoms in total. The van der Waals surface area contributed by atoms with E-state index in [2.05, 4.69) is 63.0 Å². The lowest BCUT2D eigenvalue weighted by molar-refractivity contribution is -0.152. The van der Waals surface area contributed by atoms with Crippen LogP contribution in [0.4, 0.5) is 0 Å². The zero-order valence-electron chi connectivity index (χ0n) is 56.0. The topological polar surface area (TPSA) is 540 Å². The normalized spacial score (nSPS) is 22.6. The third kappa shape index (κ3) is 24.5. The number of nitrogens with two attached hydrogens (primary N) is 5. The first-order chi connectivity index (χ1) is 47.4. The van der Waals surface area contributed by atoms with Crippen molar-refractivity contribution in [2.45, 2.75) is 196 Å². The van der Waals surface area contributed by atoms with Gasteiger partial charge in [-0.25, -0.2) is 0 Å². The predicted octanol–water partition coefficient (Wildman–Crippen LogP) is -4.02. The zero-order valence-corrected chi connectivity index (χ0v) is 56.0. The summed E-state index contributed by atoms with van der Waals surface area (Å²) in [6.45, 7) is 2.04. The van der Waals surface area contributed by atoms with Crippen molar-refractivity contribution in [3.05, 3.63) is 71.9 Å². The van der Waals surface area contributed by atoms with Crippen LogP contribution in [0.5, 0.6) is 0 Å². The van der Waals surface area contributed by atoms with Crippen molar-refractivity contribution in [3.8, 4) is 0 Å². The maximum absolute atomic E-state index is 15.2. The summed E-state index contributed by atoms with van der Waals surface area (Å²) in [6, 6.07) is 1.85. The largest absolute Gasteiger partial charge is 0.394 e. The number of fused-ring (bicyclic) bond motifs is 2. The Kier molecular flexibility index (Phi) is 31.1. The van der Waals surface area contributed by atoms with Crippen LogP contribution < -0.4 is 76.7 Å². The van der Waals surface area contributed by atoms with Crippen LogP contribution in [0, 0.1) is 0 Å². The summed E-state index contributed by atoms with van der Waals surface area (Å²) in [7, 11) is 0. The summed E-state index contributed by atoms with van der Waals surface area (Å²) < 4.78 is 0. The van der Waals surface area contributed by atoms with Gasteiger partial charge < -0.3 is 101 Å². The number of carbonyl (C=O) groups excluding carboxylic acids is 12. The Hall–Kier alpha value is -9.96. The van der Waals surface area contributed by atoms with E-state index in [1.54, 1.807) is 42.6 Å². The lowest BCUT2D eigenvalue weighted by Gasteiger charge is -2.32. The molecule has 3 aliphatic heterocycles. The molecule has 3 aliphatic rings. The molecule has 0 radical (unpaired) electrons. The molecule has 0 aliphatic carbocycles. The van der Waals surface area contributed by atoms with Crippen molar-refractivity contribution in [1.29, 1.82) is 0 Å². The Labute approximate surface area is 573 Å². The Morgan fingerprint density at radius 3 is 2.05 bits per heavy atom. The molecule has 542 valence electrons. The van der Waals surface area contributed by atoms with Gasteiger partial charge in [-0.1, -0.05) is 68.3 Å². The van der Waals surface area contributed by atoms with Gasteiger partial charge in [0.25, 0.3) is 0 Å². The molecule has 2 aromatic carbocycles. The van der Waals surface area contributed by atoms with E-state index in [-0.39, 0.29) is 109 Å². The summed E-state index contributed by atoms with van der Waals surface area (Å²) in [5, 5.41) is 43.3. The van der Waals surface area contributed by atoms with Gasteiger partial charge in [0.2, 0.25) is 65.0 Å². The Balaban J connectivity index is 1.30. The first kappa shape index (κ1) is 78.0. The average Bonchev–Trinajstić information content (AvgIpc) is 1.73. The number of hydrogen-bond donors (Lipinski definition) is 17. The van der Waals surface area contributed by atoms with Gasteiger partial charge in [0, 0.05) is 82.4 Å². The SMILES string of the molecule is CCCC[C@H](NC(=O)[C@@H]1CCCN1C(=O)[C@H](CCCCN=C(N)N)NC(=O)[C@@H](CO)NC(C)=O)C(=O)N[C@H]1CCC(=O)ONCCCC[C@@H](C(N)=O)NC(=O)[C@H](Cc2c[nH]c3ccccc23)NC(=O)[C@H](CCCN=C(N)N)NC(=O)[C@@H](Cc2ccccc2)NC(=O)[C@@H]2CC(O)CN2C1=O. The number of aromatic amines is 1. The highest BCUT2D eigenvalue weighted by molar-refractivity contribution is 6.00. The molecule has 11 atom stereocenters. The second-order valence-corrected chi connectivity index (χ2v) is 24.9. The summed E-state index contributed by atoms with van der Waals surface area (Å²) in [4.78, 5) is 188. The minimum absolute atomic E-state index is 0.00717. The highest BCUT2D eigenvalue weighted by Gasteiger charge is 2.45. The summed E-state index contributed by atoms with van der Waals surface area (Å²) in [5.74, 6) is -10.3. The Morgan fingerprint density at radius 1 is 0.697 bits per heavy atom. The second kappa shape index (κ2) is 39.4. The molecule has 0 spiro atoms. The summed E-state index contributed by atoms with van der Waals surface area (Å²) in [6.07, 6.45) is 1.34. The first-order valence-corrected chi connectivity index (χ1v) is 33.6. The van der Waals surface area contributed by atoms with Crippen molar-refractivity contribution in [3.63, 3.8) is 0 Å². The highest BCUT2D eigenvalue weighted by atomic mass is 16.7. The number of likely N-dealkylation sites (tertiary alicyclic amines) is 1. The lowest BCUT2D eigenvalue weighted by atomic mass is 10.0. The number of para-hydroxylation sites is 1. The van der Waals surface area contributed by atoms with Gasteiger partial charge in [0.05, 0.1) is 12.7 Å². The minimum Gasteiger partial charge on any atom is -0.394 e. The van der Waals surface area contributed by atoms with Crippen molar-refractivity contribution >= 4 is 93.8 Å². The molecule has 99 heavy (non-hydrogen) atoms. The smallest absolute Gasteiger partial charge is 0.324 e. The maximum Gasteiger partial charge on any atom is 0.324 e. The van der Waals surface area contributed by atoms with Gasteiger partial charge in [-0.05, 0) is 94.2 Å². The number of hydrogen-bond acceptors (Lipinski definition) is 18. The molecule has 3 saturated heterocycles. The van der Waals surface area contributed by atoms with Gasteiger partial charge in [-0.3, -0.25) is 67.5 Å². The van der Waals surface area contributed by atoms with Gasteiger partial charge in [0.15, 0.2) is 11.9 Å². The predicted molar refractivity (Wildman–Crippen MR) is 362 cm³/mol. The number of aliphatic hydroxyl groups is 2. The number of nitrogens with one attached hydrogen (secondary N) is 10. The van der Waals surface area contributed by atoms with E-state index < -0.39 is 163 Å². The number of aromatic nitrogens is 1. The summed E-state index contributed by atoms with van der Waals surface area (Å²) in [5.41, 5.74) is 32.5. The fourth-order valence-corrected chi connectivity index (χ4v) is 12.0. The van der Waals surface area contributed by atoms with Gasteiger partial charge in [0.1, 0.15) is 60.4 Å². The van der Waals surface area contributed by atoms with Crippen molar-refractivity contribution in [2.24, 2.45) is 38.7 Å². The van der Waals surface area contributed by atoms with Gasteiger partial charge in [-0.15, -0.1) is 0 Å². The molecule has 1 unspecified atom stereocenters. The van der Waals surface area contributed by atoms with E-state index >= 15 is 4.79 Å². The van der Waals surface area contributed by atoms with E-state index in [0.717, 1.165) is 22.7 Å². The number of amides is 11. The van der Waals surface area contributed by atoms with Crippen LogP contribution >= 0.6 is 0 Å². The number of hydroxylamine groups is 1. The van der Waals surface area contributed by atoms with Crippen LogP contribution in [0.15, 0.2) is 70.8 Å². The van der Waals surface area contributed by atoms with Crippen molar-refractivity contribution < 1.29 is 72.6 Å². The van der Waals surface area contributed by atoms with E-state index in [4.69, 9.17) is 33.5 Å². The monoisotopic (exact) mass is 1380 g/mol. The van der Waals surface area contributed by atoms with Crippen molar-refractivity contribution in [1.82, 2.24) is 62.8 Å². The molecule has 6 rings (SSSR count). The van der Waals surface area contributed by atoms with E-state index in [9.17, 15) is 63.0 Å². The third-order valence-corrected chi connectivity index (χ3v) is 17.2. The lowest BCUT2D eigenvalue weighted by Crippen LogP contribution is -2.60. The Morgan fingerprint density at radius 2 is 1.35 bits per heavy atom. The van der Waals surface area contributed by atoms with Crippen LogP contribution in [0.1, 0.15) is 128 Å². The molecule has 34 heteroatoms. The van der Waals surface area contributed by atoms with Gasteiger partial charge >= 0.3 is 5.97 Å². The average molecular weight is 1380 g/mol. The molecule has 22 N–H and O–H groups in total. The van der Waals surface area contributed by atoms with E-state index in [1.165, 1.54) is 4.90 Å². The third-order valence-electron chi connectivity index (χ3n) is 17.2. The molecule has 1 aromatic heterocycles. The molecule has 3 aromatic rings. The number of rotatable bonds is 26. The summed E-state index contributed by atoms with van der Waals surface area (Å²) >= 11 is 0. The molecule has 0 saturated carbocycles. The van der Waals surface area contributed by atoms with Crippen LogP contribution in [0.3, 0.4) is 0 Å². The van der Waals surface area contributed by atoms with Crippen LogP contribution in [0.2, 0.25) is 0 Å². The quantitative estimate of drug-likeness (QED) is 0.0207. The van der Waals surface area contributed by atoms with Crippen LogP contribution in [-0.4, -0.2) is 214 Å². The van der Waals surface area contributed by atoms with Gasteiger partial charge in [-0.2, -0.15) is 5.48 Å². The maximum atomic E-state index is 15.2. The number of unbranched alkanes of at least 4 members (excludes halogenated alkanes) is 2. The fourth-order valence-electron chi connectivity index (χ4n) is 12.0. The standard InChI is InChI=1S/C65H97N19O15/c1-3-4-19-44(78-60(95)51-24-15-30-83(51)62(97)46(22-10-12-27-71-64(67)68)79-59(94)50(36-85)75-37(2)86)55(90)80-47-25-26-53(88)99-74-29-13-11-21-43(54(66)89)76-58(93)49(32-39-34-73-42-20-9-8-18-41(39)42)81-56(91)45(23-14-28-72-65(69)70)77-57(92)48(31-38-16-6-5-7-17-38)82-61(96)52-33-40(87)35-84(52)63(47)98/h5-9,16-18,20,34,40,43-52,73-74,85,87H,3-4,10-15,19,21-33,35-36H2,1-2H3,(H2,66,89)(H,75,86)(H,76,93)(H,77,92)(H,78,95)(H,79,94)(H,80,90)(H,81,91)(H,82,96)(H4,67,68,71)(H4,69,70,72)/t40?,43-,44-,45-,46-,47-,48+,49-,50+,51-,52-/m0/s1. The zero-order chi connectivity index (χ0) is 72.1. The number of nitrogens with zero attached hydrogens (tertiary/aromatic N) is 4. The fraction of sp³-hybridized carbons (Fsp3) is 0.569. The number of carbonyl (C=O) groups is 12. The van der Waals surface area contributed by atoms with Crippen LogP contribution in [-0.2, 0) is 75.2 Å². The van der Waals surface area contributed by atoms with E-state index in [1.807, 2.05) is 25.1 Å². The number of aliphatic hydroxyl groups excluding tert-OH is 2.